The van der Waals surface area contributed by atoms with Crippen molar-refractivity contribution in [3.8, 4) is 0 Å². The quantitative estimate of drug-likeness (QED) is 0.591. The lowest BCUT2D eigenvalue weighted by Crippen LogP contribution is -1.95. The first-order valence-electron chi connectivity index (χ1n) is 3.10. The minimum Gasteiger partial charge on any atom is -0.333 e. The molecule has 1 rings (SSSR count). The molecule has 0 radical (unpaired) electrons. The number of hydrogen-bond donors (Lipinski definition) is 1. The first kappa shape index (κ1) is 6.75. The van der Waals surface area contributed by atoms with E-state index in [4.69, 9.17) is 0 Å². The van der Waals surface area contributed by atoms with Crippen LogP contribution in [0.15, 0.2) is 23.9 Å². The van der Waals surface area contributed by atoms with Crippen LogP contribution in [0.4, 0.5) is 0 Å². The molecule has 9 heavy (non-hydrogen) atoms. The molecule has 0 unspecified atom stereocenters. The Hall–Kier alpha value is -0.370. The summed E-state index contributed by atoms with van der Waals surface area (Å²) in [5.74, 6) is 1.08. The van der Waals surface area contributed by atoms with Crippen molar-refractivity contribution in [1.29, 1.82) is 0 Å². The largest absolute Gasteiger partial charge is 0.333 e. The van der Waals surface area contributed by atoms with Crippen LogP contribution in [0.1, 0.15) is 13.3 Å². The van der Waals surface area contributed by atoms with Crippen molar-refractivity contribution in [2.75, 3.05) is 5.75 Å². The standard InChI is InChI=1S/C7H11NS/c1-3-6-5-9-8-7(6)4-2/h3,8H,1,4-5H2,2H3. The second-order valence-electron chi connectivity index (χ2n) is 1.95. The monoisotopic (exact) mass is 141 g/mol. The van der Waals surface area contributed by atoms with Crippen molar-refractivity contribution in [2.24, 2.45) is 0 Å². The second kappa shape index (κ2) is 2.97. The van der Waals surface area contributed by atoms with E-state index in [-0.39, 0.29) is 0 Å². The van der Waals surface area contributed by atoms with Gasteiger partial charge in [-0.1, -0.05) is 19.6 Å². The zero-order chi connectivity index (χ0) is 6.69. The molecule has 1 N–H and O–H groups in total. The van der Waals surface area contributed by atoms with Crippen molar-refractivity contribution in [1.82, 2.24) is 4.72 Å². The van der Waals surface area contributed by atoms with Gasteiger partial charge in [-0.2, -0.15) is 0 Å². The number of nitrogens with one attached hydrogen (secondary N) is 1. The number of hydrogen-bond acceptors (Lipinski definition) is 2. The van der Waals surface area contributed by atoms with Crippen LogP contribution < -0.4 is 4.72 Å². The average molecular weight is 141 g/mol. The third-order valence-electron chi connectivity index (χ3n) is 1.41. The average Bonchev–Trinajstić information content (AvgIpc) is 2.33. The zero-order valence-electron chi connectivity index (χ0n) is 5.61. The maximum atomic E-state index is 3.73. The molecular formula is C7H11NS. The SMILES string of the molecule is C=CC1=C(CC)NSC1. The molecule has 0 saturated heterocycles. The summed E-state index contributed by atoms with van der Waals surface area (Å²) in [5, 5.41) is 0. The highest BCUT2D eigenvalue weighted by molar-refractivity contribution is 7.97. The Bertz CT molecular complexity index is 149. The molecule has 1 aliphatic heterocycles. The van der Waals surface area contributed by atoms with Crippen LogP contribution >= 0.6 is 11.9 Å². The molecule has 0 bridgehead atoms. The van der Waals surface area contributed by atoms with Crippen LogP contribution in [-0.4, -0.2) is 5.75 Å². The summed E-state index contributed by atoms with van der Waals surface area (Å²) in [5.41, 5.74) is 2.71. The molecule has 0 fully saturated rings. The fourth-order valence-electron chi connectivity index (χ4n) is 0.835. The molecule has 0 amide bonds. The lowest BCUT2D eigenvalue weighted by Gasteiger charge is -1.96. The molecule has 50 valence electrons. The van der Waals surface area contributed by atoms with Crippen molar-refractivity contribution in [3.63, 3.8) is 0 Å². The molecule has 0 aromatic rings. The van der Waals surface area contributed by atoms with Crippen molar-refractivity contribution < 1.29 is 0 Å². The normalized spacial score (nSPS) is 17.9. The summed E-state index contributed by atoms with van der Waals surface area (Å²) < 4.78 is 3.23. The van der Waals surface area contributed by atoms with Gasteiger partial charge < -0.3 is 4.72 Å². The minimum absolute atomic E-state index is 1.08. The Balaban J connectivity index is 2.69. The van der Waals surface area contributed by atoms with E-state index in [2.05, 4.69) is 18.2 Å². The van der Waals surface area contributed by atoms with Gasteiger partial charge in [-0.05, 0) is 23.9 Å². The van der Waals surface area contributed by atoms with Gasteiger partial charge in [0, 0.05) is 11.4 Å². The van der Waals surface area contributed by atoms with Gasteiger partial charge in [0.05, 0.1) is 0 Å². The van der Waals surface area contributed by atoms with Crippen LogP contribution in [0.3, 0.4) is 0 Å². The van der Waals surface area contributed by atoms with Gasteiger partial charge in [-0.3, -0.25) is 0 Å². The van der Waals surface area contributed by atoms with Crippen molar-refractivity contribution in [3.05, 3.63) is 23.9 Å². The summed E-state index contributed by atoms with van der Waals surface area (Å²) in [6.45, 7) is 5.88. The van der Waals surface area contributed by atoms with E-state index in [1.165, 1.54) is 11.3 Å². The molecule has 1 heterocycles. The van der Waals surface area contributed by atoms with E-state index >= 15 is 0 Å². The first-order chi connectivity index (χ1) is 4.38. The van der Waals surface area contributed by atoms with Crippen LogP contribution in [0.25, 0.3) is 0 Å². The Kier molecular flexibility index (Phi) is 2.22. The highest BCUT2D eigenvalue weighted by Gasteiger charge is 2.08. The van der Waals surface area contributed by atoms with Gasteiger partial charge >= 0.3 is 0 Å². The molecule has 0 aromatic carbocycles. The predicted molar refractivity (Wildman–Crippen MR) is 43.1 cm³/mol. The van der Waals surface area contributed by atoms with Crippen LogP contribution in [0.5, 0.6) is 0 Å². The molecule has 0 saturated carbocycles. The highest BCUT2D eigenvalue weighted by atomic mass is 32.2. The van der Waals surface area contributed by atoms with E-state index in [0.29, 0.717) is 0 Å². The fourth-order valence-corrected chi connectivity index (χ4v) is 1.80. The molecular weight excluding hydrogens is 130 g/mol. The van der Waals surface area contributed by atoms with Gasteiger partial charge in [0.2, 0.25) is 0 Å². The van der Waals surface area contributed by atoms with Crippen LogP contribution in [0.2, 0.25) is 0 Å². The van der Waals surface area contributed by atoms with Gasteiger partial charge in [0.1, 0.15) is 0 Å². The fraction of sp³-hybridized carbons (Fsp3) is 0.429. The molecule has 1 aliphatic rings. The highest BCUT2D eigenvalue weighted by Crippen LogP contribution is 2.21. The molecule has 1 nitrogen and oxygen atoms in total. The summed E-state index contributed by atoms with van der Waals surface area (Å²) >= 11 is 1.74. The third kappa shape index (κ3) is 1.30. The maximum absolute atomic E-state index is 3.73. The lowest BCUT2D eigenvalue weighted by atomic mass is 10.2. The molecule has 0 aromatic heterocycles. The Morgan fingerprint density at radius 2 is 2.67 bits per heavy atom. The van der Waals surface area contributed by atoms with Crippen molar-refractivity contribution in [2.45, 2.75) is 13.3 Å². The predicted octanol–water partition coefficient (Wildman–Crippen LogP) is 2.09. The summed E-state index contributed by atoms with van der Waals surface area (Å²) in [6, 6.07) is 0. The van der Waals surface area contributed by atoms with Gasteiger partial charge in [-0.25, -0.2) is 0 Å². The molecule has 0 aliphatic carbocycles. The zero-order valence-corrected chi connectivity index (χ0v) is 6.42. The van der Waals surface area contributed by atoms with Crippen LogP contribution in [0, 0.1) is 0 Å². The Morgan fingerprint density at radius 1 is 1.89 bits per heavy atom. The van der Waals surface area contributed by atoms with E-state index in [9.17, 15) is 0 Å². The van der Waals surface area contributed by atoms with Crippen molar-refractivity contribution >= 4 is 11.9 Å². The molecule has 2 heteroatoms. The third-order valence-corrected chi connectivity index (χ3v) is 2.26. The Labute approximate surface area is 60.4 Å². The topological polar surface area (TPSA) is 12.0 Å². The first-order valence-corrected chi connectivity index (χ1v) is 4.09. The smallest absolute Gasteiger partial charge is 0.0400 e. The van der Waals surface area contributed by atoms with Gasteiger partial charge in [0.25, 0.3) is 0 Å². The number of allylic oxidation sites excluding steroid dienone is 2. The molecule has 0 spiro atoms. The van der Waals surface area contributed by atoms with E-state index in [0.717, 1.165) is 12.2 Å². The second-order valence-corrected chi connectivity index (χ2v) is 2.73. The lowest BCUT2D eigenvalue weighted by molar-refractivity contribution is 1.02. The number of rotatable bonds is 2. The van der Waals surface area contributed by atoms with E-state index in [1.54, 1.807) is 11.9 Å². The summed E-state index contributed by atoms with van der Waals surface area (Å²) in [6.07, 6.45) is 3.03. The summed E-state index contributed by atoms with van der Waals surface area (Å²) in [7, 11) is 0. The van der Waals surface area contributed by atoms with E-state index in [1.807, 2.05) is 6.08 Å². The Morgan fingerprint density at radius 3 is 3.11 bits per heavy atom. The molecule has 0 atom stereocenters. The summed E-state index contributed by atoms with van der Waals surface area (Å²) in [4.78, 5) is 0. The maximum Gasteiger partial charge on any atom is 0.0400 e. The van der Waals surface area contributed by atoms with E-state index < -0.39 is 0 Å². The van der Waals surface area contributed by atoms with Crippen LogP contribution in [-0.2, 0) is 0 Å². The van der Waals surface area contributed by atoms with Gasteiger partial charge in [-0.15, -0.1) is 0 Å². The minimum atomic E-state index is 1.08. The van der Waals surface area contributed by atoms with Gasteiger partial charge in [0.15, 0.2) is 0 Å².